The van der Waals surface area contributed by atoms with Crippen molar-refractivity contribution in [3.05, 3.63) is 221 Å². The maximum absolute atomic E-state index is 5.42. The molecule has 3 heteroatoms. The summed E-state index contributed by atoms with van der Waals surface area (Å²) >= 11 is 0. The second-order valence-electron chi connectivity index (χ2n) is 15.2. The van der Waals surface area contributed by atoms with Crippen LogP contribution in [-0.4, -0.2) is 15.0 Å². The van der Waals surface area contributed by atoms with Crippen molar-refractivity contribution in [2.45, 2.75) is 19.3 Å². The van der Waals surface area contributed by atoms with Crippen LogP contribution in [0.2, 0.25) is 0 Å². The lowest BCUT2D eigenvalue weighted by molar-refractivity contribution is 0.794. The van der Waals surface area contributed by atoms with E-state index in [0.29, 0.717) is 17.5 Å². The third-order valence-corrected chi connectivity index (χ3v) is 12.1. The van der Waals surface area contributed by atoms with Crippen molar-refractivity contribution < 1.29 is 0 Å². The number of hydrogen-bond acceptors (Lipinski definition) is 3. The molecule has 1 spiro atoms. The molecule has 8 aromatic carbocycles. The summed E-state index contributed by atoms with van der Waals surface area (Å²) in [6.07, 6.45) is 0. The Bertz CT molecular complexity index is 3010. The molecule has 2 aliphatic carbocycles. The van der Waals surface area contributed by atoms with Crippen LogP contribution in [-0.2, 0) is 5.41 Å². The highest BCUT2D eigenvalue weighted by Crippen LogP contribution is 2.63. The Balaban J connectivity index is 1.17. The van der Waals surface area contributed by atoms with Gasteiger partial charge in [-0.15, -0.1) is 0 Å². The van der Waals surface area contributed by atoms with E-state index < -0.39 is 5.41 Å². The van der Waals surface area contributed by atoms with Gasteiger partial charge in [-0.1, -0.05) is 182 Å². The number of benzene rings is 8. The molecule has 0 saturated carbocycles. The van der Waals surface area contributed by atoms with E-state index in [1.807, 2.05) is 0 Å². The largest absolute Gasteiger partial charge is 0.208 e. The molecule has 1 heterocycles. The SMILES string of the molecule is Cc1ccccc1-c1ccc(-c2nc(-c3ccccc3-c3ccccc3)nc(-c3cccc4c3-c3ccccc3C43c4ccccc4-c4ccccc43)n2)cc1C. The number of rotatable bonds is 5. The number of aromatic nitrogens is 3. The molecule has 0 radical (unpaired) electrons. The van der Waals surface area contributed by atoms with Gasteiger partial charge in [0.2, 0.25) is 0 Å². The highest BCUT2D eigenvalue weighted by Gasteiger charge is 2.52. The predicted octanol–water partition coefficient (Wildman–Crippen LogP) is 13.2. The Kier molecular flexibility index (Phi) is 7.52. The molecule has 2 aliphatic rings. The Hall–Kier alpha value is -7.23. The van der Waals surface area contributed by atoms with Gasteiger partial charge in [-0.05, 0) is 97.8 Å². The van der Waals surface area contributed by atoms with Crippen LogP contribution in [0.25, 0.3) is 78.7 Å². The monoisotopic (exact) mass is 727 g/mol. The Morgan fingerprint density at radius 1 is 0.298 bits per heavy atom. The molecule has 57 heavy (non-hydrogen) atoms. The smallest absolute Gasteiger partial charge is 0.164 e. The van der Waals surface area contributed by atoms with Crippen LogP contribution < -0.4 is 0 Å². The molecule has 0 saturated heterocycles. The van der Waals surface area contributed by atoms with E-state index in [4.69, 9.17) is 15.0 Å². The molecule has 0 unspecified atom stereocenters. The lowest BCUT2D eigenvalue weighted by Crippen LogP contribution is -2.25. The van der Waals surface area contributed by atoms with E-state index in [9.17, 15) is 0 Å². The van der Waals surface area contributed by atoms with Crippen LogP contribution in [0, 0.1) is 13.8 Å². The van der Waals surface area contributed by atoms with E-state index in [-0.39, 0.29) is 0 Å². The third-order valence-electron chi connectivity index (χ3n) is 12.1. The molecule has 0 atom stereocenters. The fourth-order valence-corrected chi connectivity index (χ4v) is 9.60. The highest BCUT2D eigenvalue weighted by atomic mass is 15.0. The molecule has 3 nitrogen and oxygen atoms in total. The van der Waals surface area contributed by atoms with Gasteiger partial charge in [-0.25, -0.2) is 15.0 Å². The first-order valence-corrected chi connectivity index (χ1v) is 19.6. The zero-order valence-electron chi connectivity index (χ0n) is 31.7. The average molecular weight is 728 g/mol. The van der Waals surface area contributed by atoms with Gasteiger partial charge in [0.25, 0.3) is 0 Å². The molecule has 0 amide bonds. The van der Waals surface area contributed by atoms with Gasteiger partial charge in [-0.3, -0.25) is 0 Å². The van der Waals surface area contributed by atoms with Gasteiger partial charge in [0.1, 0.15) is 0 Å². The number of hydrogen-bond donors (Lipinski definition) is 0. The summed E-state index contributed by atoms with van der Waals surface area (Å²) in [5.41, 5.74) is 19.6. The summed E-state index contributed by atoms with van der Waals surface area (Å²) in [5.74, 6) is 1.94. The van der Waals surface area contributed by atoms with Crippen molar-refractivity contribution in [2.24, 2.45) is 0 Å². The van der Waals surface area contributed by atoms with Gasteiger partial charge in [0.05, 0.1) is 5.41 Å². The number of nitrogens with zero attached hydrogens (tertiary/aromatic N) is 3. The number of aryl methyl sites for hydroxylation is 2. The van der Waals surface area contributed by atoms with Crippen molar-refractivity contribution >= 4 is 0 Å². The minimum absolute atomic E-state index is 0.462. The van der Waals surface area contributed by atoms with E-state index in [0.717, 1.165) is 27.8 Å². The van der Waals surface area contributed by atoms with E-state index in [1.165, 1.54) is 66.8 Å². The topological polar surface area (TPSA) is 38.7 Å². The molecule has 0 N–H and O–H groups in total. The molecule has 1 aromatic heterocycles. The van der Waals surface area contributed by atoms with Gasteiger partial charge in [0, 0.05) is 16.7 Å². The van der Waals surface area contributed by atoms with Crippen molar-refractivity contribution in [1.82, 2.24) is 15.0 Å². The van der Waals surface area contributed by atoms with Crippen LogP contribution in [0.15, 0.2) is 188 Å². The standard InChI is InChI=1S/C54H37N3/c1-34-17-6-7-20-38(34)39-32-31-37(33-35(39)2)51-55-52(43-24-9-8-21-40(43)36-18-4-3-5-19-36)57-53(56-51)45-26-16-30-49-50(45)44-25-12-15-29-48(44)54(49)46-27-13-10-22-41(46)42-23-11-14-28-47(42)54/h3-33H,1-2H3. The van der Waals surface area contributed by atoms with Gasteiger partial charge in [0.15, 0.2) is 17.5 Å². The molecule has 11 rings (SSSR count). The highest BCUT2D eigenvalue weighted by molar-refractivity contribution is 5.99. The Morgan fingerprint density at radius 3 is 1.44 bits per heavy atom. The molecule has 9 aromatic rings. The molecule has 0 aliphatic heterocycles. The summed E-state index contributed by atoms with van der Waals surface area (Å²) in [7, 11) is 0. The summed E-state index contributed by atoms with van der Waals surface area (Å²) in [6.45, 7) is 4.34. The zero-order chi connectivity index (χ0) is 38.1. The predicted molar refractivity (Wildman–Crippen MR) is 233 cm³/mol. The van der Waals surface area contributed by atoms with Crippen LogP contribution >= 0.6 is 0 Å². The summed E-state index contributed by atoms with van der Waals surface area (Å²) in [6, 6.07) is 67.6. The summed E-state index contributed by atoms with van der Waals surface area (Å²) in [5, 5.41) is 0. The Labute approximate surface area is 333 Å². The van der Waals surface area contributed by atoms with Crippen LogP contribution in [0.5, 0.6) is 0 Å². The quantitative estimate of drug-likeness (QED) is 0.177. The summed E-state index contributed by atoms with van der Waals surface area (Å²) in [4.78, 5) is 16.1. The lowest BCUT2D eigenvalue weighted by atomic mass is 9.70. The summed E-state index contributed by atoms with van der Waals surface area (Å²) < 4.78 is 0. The van der Waals surface area contributed by atoms with Crippen molar-refractivity contribution in [3.63, 3.8) is 0 Å². The first kappa shape index (κ1) is 33.1. The second kappa shape index (κ2) is 12.9. The fraction of sp³-hybridized carbons (Fsp3) is 0.0556. The maximum Gasteiger partial charge on any atom is 0.164 e. The van der Waals surface area contributed by atoms with E-state index in [1.54, 1.807) is 0 Å². The molecule has 0 fully saturated rings. The molecular formula is C54H37N3. The minimum Gasteiger partial charge on any atom is -0.208 e. The van der Waals surface area contributed by atoms with Crippen LogP contribution in [0.1, 0.15) is 33.4 Å². The normalized spacial score (nSPS) is 12.9. The van der Waals surface area contributed by atoms with Crippen molar-refractivity contribution in [2.75, 3.05) is 0 Å². The molecule has 268 valence electrons. The molecular weight excluding hydrogens is 691 g/mol. The van der Waals surface area contributed by atoms with E-state index >= 15 is 0 Å². The third kappa shape index (κ3) is 4.95. The fourth-order valence-electron chi connectivity index (χ4n) is 9.60. The first-order valence-electron chi connectivity index (χ1n) is 19.6. The van der Waals surface area contributed by atoms with Gasteiger partial charge < -0.3 is 0 Å². The second-order valence-corrected chi connectivity index (χ2v) is 15.2. The van der Waals surface area contributed by atoms with Crippen LogP contribution in [0.3, 0.4) is 0 Å². The van der Waals surface area contributed by atoms with Gasteiger partial charge in [-0.2, -0.15) is 0 Å². The van der Waals surface area contributed by atoms with Gasteiger partial charge >= 0.3 is 0 Å². The van der Waals surface area contributed by atoms with Crippen molar-refractivity contribution in [1.29, 1.82) is 0 Å². The maximum atomic E-state index is 5.42. The Morgan fingerprint density at radius 2 is 0.772 bits per heavy atom. The number of fused-ring (bicyclic) bond motifs is 10. The van der Waals surface area contributed by atoms with Crippen LogP contribution in [0.4, 0.5) is 0 Å². The molecule has 0 bridgehead atoms. The minimum atomic E-state index is -0.462. The average Bonchev–Trinajstić information content (AvgIpc) is 3.74. The lowest BCUT2D eigenvalue weighted by Gasteiger charge is -2.30. The van der Waals surface area contributed by atoms with E-state index in [2.05, 4.69) is 202 Å². The first-order chi connectivity index (χ1) is 28.1. The zero-order valence-corrected chi connectivity index (χ0v) is 31.7. The van der Waals surface area contributed by atoms with Crippen molar-refractivity contribution in [3.8, 4) is 78.7 Å².